The lowest BCUT2D eigenvalue weighted by Crippen LogP contribution is -2.24. The molecular formula is C10H20O. The highest BCUT2D eigenvalue weighted by Gasteiger charge is 2.18. The van der Waals surface area contributed by atoms with E-state index in [1.165, 1.54) is 38.5 Å². The third-order valence-electron chi connectivity index (χ3n) is 2.42. The fraction of sp³-hybridized carbons (Fsp3) is 1.00. The maximum atomic E-state index is 5.75. The summed E-state index contributed by atoms with van der Waals surface area (Å²) < 4.78 is 5.75. The second kappa shape index (κ2) is 4.10. The van der Waals surface area contributed by atoms with E-state index in [1.807, 2.05) is 0 Å². The normalized spacial score (nSPS) is 26.7. The van der Waals surface area contributed by atoms with Crippen LogP contribution in [0.25, 0.3) is 0 Å². The molecule has 0 N–H and O–H groups in total. The van der Waals surface area contributed by atoms with Gasteiger partial charge in [-0.1, -0.05) is 25.7 Å². The van der Waals surface area contributed by atoms with E-state index < -0.39 is 0 Å². The molecule has 0 aliphatic carbocycles. The fourth-order valence-corrected chi connectivity index (χ4v) is 1.60. The Hall–Kier alpha value is -0.0400. The van der Waals surface area contributed by atoms with E-state index in [0.717, 1.165) is 6.61 Å². The molecular weight excluding hydrogens is 136 g/mol. The zero-order chi connectivity index (χ0) is 8.16. The van der Waals surface area contributed by atoms with Crippen molar-refractivity contribution in [3.8, 4) is 0 Å². The highest BCUT2D eigenvalue weighted by molar-refractivity contribution is 4.69. The first kappa shape index (κ1) is 9.05. The van der Waals surface area contributed by atoms with Crippen molar-refractivity contribution in [2.24, 2.45) is 0 Å². The molecule has 66 valence electrons. The molecule has 1 rings (SSSR count). The summed E-state index contributed by atoms with van der Waals surface area (Å²) in [7, 11) is 0. The van der Waals surface area contributed by atoms with Gasteiger partial charge in [0.2, 0.25) is 0 Å². The van der Waals surface area contributed by atoms with Crippen LogP contribution in [0.3, 0.4) is 0 Å². The van der Waals surface area contributed by atoms with Gasteiger partial charge in [0.25, 0.3) is 0 Å². The van der Waals surface area contributed by atoms with E-state index >= 15 is 0 Å². The topological polar surface area (TPSA) is 9.23 Å². The zero-order valence-corrected chi connectivity index (χ0v) is 7.86. The summed E-state index contributed by atoms with van der Waals surface area (Å²) in [5, 5.41) is 0. The van der Waals surface area contributed by atoms with Crippen molar-refractivity contribution in [2.45, 2.75) is 58.0 Å². The number of ether oxygens (including phenoxy) is 1. The number of hydrogen-bond donors (Lipinski definition) is 0. The second-order valence-corrected chi connectivity index (χ2v) is 4.13. The molecule has 0 spiro atoms. The average molecular weight is 156 g/mol. The second-order valence-electron chi connectivity index (χ2n) is 4.13. The Morgan fingerprint density at radius 2 is 1.55 bits per heavy atom. The molecule has 0 unspecified atom stereocenters. The van der Waals surface area contributed by atoms with Gasteiger partial charge in [-0.05, 0) is 26.7 Å². The Bertz CT molecular complexity index is 95.4. The molecule has 1 heterocycles. The molecule has 1 saturated heterocycles. The van der Waals surface area contributed by atoms with E-state index in [2.05, 4.69) is 13.8 Å². The lowest BCUT2D eigenvalue weighted by molar-refractivity contribution is -0.0235. The first-order valence-electron chi connectivity index (χ1n) is 4.85. The minimum atomic E-state index is 0.143. The van der Waals surface area contributed by atoms with Crippen molar-refractivity contribution < 1.29 is 4.74 Å². The molecule has 0 amide bonds. The lowest BCUT2D eigenvalue weighted by Gasteiger charge is -2.24. The van der Waals surface area contributed by atoms with Gasteiger partial charge >= 0.3 is 0 Å². The molecule has 0 bridgehead atoms. The van der Waals surface area contributed by atoms with Crippen LogP contribution in [0.4, 0.5) is 0 Å². The summed E-state index contributed by atoms with van der Waals surface area (Å²) in [6, 6.07) is 0. The molecule has 0 saturated carbocycles. The minimum Gasteiger partial charge on any atom is -0.376 e. The fourth-order valence-electron chi connectivity index (χ4n) is 1.60. The standard InChI is InChI=1S/C10H20O/c1-10(2)8-6-4-3-5-7-9-11-10/h3-9H2,1-2H3. The van der Waals surface area contributed by atoms with Gasteiger partial charge in [-0.2, -0.15) is 0 Å². The molecule has 11 heavy (non-hydrogen) atoms. The Morgan fingerprint density at radius 1 is 0.909 bits per heavy atom. The highest BCUT2D eigenvalue weighted by atomic mass is 16.5. The molecule has 0 aromatic rings. The zero-order valence-electron chi connectivity index (χ0n) is 7.86. The summed E-state index contributed by atoms with van der Waals surface area (Å²) >= 11 is 0. The molecule has 0 radical (unpaired) electrons. The van der Waals surface area contributed by atoms with Crippen molar-refractivity contribution in [1.82, 2.24) is 0 Å². The van der Waals surface area contributed by atoms with Crippen LogP contribution in [-0.4, -0.2) is 12.2 Å². The maximum Gasteiger partial charge on any atom is 0.0626 e. The predicted molar refractivity (Wildman–Crippen MR) is 47.7 cm³/mol. The van der Waals surface area contributed by atoms with Crippen LogP contribution in [-0.2, 0) is 4.74 Å². The summed E-state index contributed by atoms with van der Waals surface area (Å²) in [6.45, 7) is 5.38. The Labute approximate surface area is 70.1 Å². The van der Waals surface area contributed by atoms with E-state index in [-0.39, 0.29) is 5.60 Å². The highest BCUT2D eigenvalue weighted by Crippen LogP contribution is 2.21. The molecule has 1 nitrogen and oxygen atoms in total. The predicted octanol–water partition coefficient (Wildman–Crippen LogP) is 3.14. The summed E-state index contributed by atoms with van der Waals surface area (Å²) in [6.07, 6.45) is 7.98. The van der Waals surface area contributed by atoms with Crippen molar-refractivity contribution in [3.63, 3.8) is 0 Å². The summed E-state index contributed by atoms with van der Waals surface area (Å²) in [4.78, 5) is 0. The molecule has 1 fully saturated rings. The quantitative estimate of drug-likeness (QED) is 0.523. The van der Waals surface area contributed by atoms with Gasteiger partial charge in [0.15, 0.2) is 0 Å². The van der Waals surface area contributed by atoms with E-state index in [1.54, 1.807) is 0 Å². The maximum absolute atomic E-state index is 5.75. The third-order valence-corrected chi connectivity index (χ3v) is 2.42. The summed E-state index contributed by atoms with van der Waals surface area (Å²) in [5.41, 5.74) is 0.143. The van der Waals surface area contributed by atoms with Crippen molar-refractivity contribution in [3.05, 3.63) is 0 Å². The van der Waals surface area contributed by atoms with Crippen LogP contribution < -0.4 is 0 Å². The molecule has 1 aliphatic heterocycles. The van der Waals surface area contributed by atoms with Gasteiger partial charge in [0.1, 0.15) is 0 Å². The van der Waals surface area contributed by atoms with E-state index in [9.17, 15) is 0 Å². The first-order valence-corrected chi connectivity index (χ1v) is 4.85. The molecule has 1 aliphatic rings. The number of rotatable bonds is 0. The Kier molecular flexibility index (Phi) is 3.38. The van der Waals surface area contributed by atoms with Gasteiger partial charge in [-0.15, -0.1) is 0 Å². The van der Waals surface area contributed by atoms with Crippen LogP contribution in [0, 0.1) is 0 Å². The first-order chi connectivity index (χ1) is 5.21. The van der Waals surface area contributed by atoms with Crippen LogP contribution >= 0.6 is 0 Å². The molecule has 1 heteroatoms. The van der Waals surface area contributed by atoms with Gasteiger partial charge in [-0.25, -0.2) is 0 Å². The lowest BCUT2D eigenvalue weighted by atomic mass is 10.0. The van der Waals surface area contributed by atoms with Crippen LogP contribution in [0.1, 0.15) is 52.4 Å². The van der Waals surface area contributed by atoms with Crippen molar-refractivity contribution >= 4 is 0 Å². The van der Waals surface area contributed by atoms with Crippen molar-refractivity contribution in [2.75, 3.05) is 6.61 Å². The van der Waals surface area contributed by atoms with Crippen molar-refractivity contribution in [1.29, 1.82) is 0 Å². The SMILES string of the molecule is CC1(C)CCCCCCCO1. The van der Waals surface area contributed by atoms with Crippen LogP contribution in [0.5, 0.6) is 0 Å². The minimum absolute atomic E-state index is 0.143. The molecule has 0 aromatic carbocycles. The average Bonchev–Trinajstić information content (AvgIpc) is 2.00. The van der Waals surface area contributed by atoms with E-state index in [0.29, 0.717) is 0 Å². The van der Waals surface area contributed by atoms with Gasteiger partial charge < -0.3 is 4.74 Å². The third kappa shape index (κ3) is 3.76. The Morgan fingerprint density at radius 3 is 2.36 bits per heavy atom. The van der Waals surface area contributed by atoms with Gasteiger partial charge in [-0.3, -0.25) is 0 Å². The van der Waals surface area contributed by atoms with Crippen LogP contribution in [0.15, 0.2) is 0 Å². The largest absolute Gasteiger partial charge is 0.376 e. The summed E-state index contributed by atoms with van der Waals surface area (Å²) in [5.74, 6) is 0. The Balaban J connectivity index is 2.31. The monoisotopic (exact) mass is 156 g/mol. The van der Waals surface area contributed by atoms with Gasteiger partial charge in [0.05, 0.1) is 5.60 Å². The smallest absolute Gasteiger partial charge is 0.0626 e. The van der Waals surface area contributed by atoms with E-state index in [4.69, 9.17) is 4.74 Å². The molecule has 0 atom stereocenters. The number of hydrogen-bond acceptors (Lipinski definition) is 1. The van der Waals surface area contributed by atoms with Gasteiger partial charge in [0, 0.05) is 6.61 Å². The molecule has 0 aromatic heterocycles. The van der Waals surface area contributed by atoms with Crippen LogP contribution in [0.2, 0.25) is 0 Å².